The SMILES string of the molecule is COc1ccc(NC(=O)NC(=O)COC(=O)CN2C(=O)CCC2=O)cc1. The van der Waals surface area contributed by atoms with Crippen LogP contribution in [-0.2, 0) is 23.9 Å². The number of imide groups is 2. The highest BCUT2D eigenvalue weighted by atomic mass is 16.5. The third kappa shape index (κ3) is 5.30. The first-order valence-corrected chi connectivity index (χ1v) is 7.62. The zero-order valence-corrected chi connectivity index (χ0v) is 13.9. The fourth-order valence-corrected chi connectivity index (χ4v) is 2.12. The summed E-state index contributed by atoms with van der Waals surface area (Å²) in [7, 11) is 1.50. The number of urea groups is 1. The average Bonchev–Trinajstić information content (AvgIpc) is 2.92. The van der Waals surface area contributed by atoms with Crippen LogP contribution < -0.4 is 15.4 Å². The van der Waals surface area contributed by atoms with Gasteiger partial charge in [0.05, 0.1) is 7.11 Å². The van der Waals surface area contributed by atoms with E-state index in [9.17, 15) is 24.0 Å². The van der Waals surface area contributed by atoms with E-state index in [1.807, 2.05) is 5.32 Å². The monoisotopic (exact) mass is 363 g/mol. The maximum absolute atomic E-state index is 11.7. The van der Waals surface area contributed by atoms with E-state index in [1.54, 1.807) is 24.3 Å². The molecule has 0 saturated carbocycles. The second kappa shape index (κ2) is 8.60. The van der Waals surface area contributed by atoms with Gasteiger partial charge < -0.3 is 14.8 Å². The minimum absolute atomic E-state index is 0.0537. The quantitative estimate of drug-likeness (QED) is 0.539. The molecule has 1 aromatic carbocycles. The van der Waals surface area contributed by atoms with Crippen molar-refractivity contribution in [1.29, 1.82) is 0 Å². The van der Waals surface area contributed by atoms with Gasteiger partial charge in [0.2, 0.25) is 11.8 Å². The number of methoxy groups -OCH3 is 1. The topological polar surface area (TPSA) is 131 Å². The van der Waals surface area contributed by atoms with Gasteiger partial charge in [-0.25, -0.2) is 4.79 Å². The maximum atomic E-state index is 11.7. The average molecular weight is 363 g/mol. The number of amides is 5. The molecule has 0 unspecified atom stereocenters. The van der Waals surface area contributed by atoms with Gasteiger partial charge in [-0.1, -0.05) is 0 Å². The van der Waals surface area contributed by atoms with E-state index in [-0.39, 0.29) is 12.8 Å². The maximum Gasteiger partial charge on any atom is 0.326 e. The van der Waals surface area contributed by atoms with Crippen LogP contribution >= 0.6 is 0 Å². The van der Waals surface area contributed by atoms with Gasteiger partial charge in [0.15, 0.2) is 6.61 Å². The van der Waals surface area contributed by atoms with Crippen molar-refractivity contribution in [2.75, 3.05) is 25.6 Å². The first-order valence-electron chi connectivity index (χ1n) is 7.62. The third-order valence-corrected chi connectivity index (χ3v) is 3.41. The van der Waals surface area contributed by atoms with E-state index in [4.69, 9.17) is 4.74 Å². The van der Waals surface area contributed by atoms with Crippen LogP contribution in [0.5, 0.6) is 5.75 Å². The van der Waals surface area contributed by atoms with Crippen LogP contribution in [0.2, 0.25) is 0 Å². The standard InChI is InChI=1S/C16H17N3O7/c1-25-11-4-2-10(3-5-11)17-16(24)18-12(20)9-26-15(23)8-19-13(21)6-7-14(19)22/h2-5H,6-9H2,1H3,(H2,17,18,20,24). The Morgan fingerprint density at radius 1 is 1.08 bits per heavy atom. The highest BCUT2D eigenvalue weighted by Crippen LogP contribution is 2.14. The minimum Gasteiger partial charge on any atom is -0.497 e. The molecule has 1 fully saturated rings. The van der Waals surface area contributed by atoms with Crippen LogP contribution in [0.1, 0.15) is 12.8 Å². The molecule has 1 aliphatic rings. The molecular formula is C16H17N3O7. The van der Waals surface area contributed by atoms with Crippen LogP contribution in [0, 0.1) is 0 Å². The Morgan fingerprint density at radius 3 is 2.27 bits per heavy atom. The number of nitrogens with zero attached hydrogens (tertiary/aromatic N) is 1. The molecule has 2 N–H and O–H groups in total. The number of anilines is 1. The van der Waals surface area contributed by atoms with Gasteiger partial charge in [0.25, 0.3) is 5.91 Å². The molecule has 0 spiro atoms. The highest BCUT2D eigenvalue weighted by molar-refractivity contribution is 6.04. The van der Waals surface area contributed by atoms with Crippen molar-refractivity contribution in [1.82, 2.24) is 10.2 Å². The summed E-state index contributed by atoms with van der Waals surface area (Å²) < 4.78 is 9.63. The number of benzene rings is 1. The summed E-state index contributed by atoms with van der Waals surface area (Å²) in [6.07, 6.45) is 0.107. The van der Waals surface area contributed by atoms with Gasteiger partial charge in [-0.2, -0.15) is 0 Å². The van der Waals surface area contributed by atoms with Crippen molar-refractivity contribution >= 4 is 35.4 Å². The smallest absolute Gasteiger partial charge is 0.326 e. The van der Waals surface area contributed by atoms with Crippen LogP contribution in [0.3, 0.4) is 0 Å². The van der Waals surface area contributed by atoms with E-state index in [0.29, 0.717) is 11.4 Å². The van der Waals surface area contributed by atoms with E-state index in [1.165, 1.54) is 7.11 Å². The molecule has 2 rings (SSSR count). The zero-order chi connectivity index (χ0) is 19.1. The Kier molecular flexibility index (Phi) is 6.25. The van der Waals surface area contributed by atoms with Crippen molar-refractivity contribution in [2.45, 2.75) is 12.8 Å². The Bertz CT molecular complexity index is 714. The largest absolute Gasteiger partial charge is 0.497 e. The van der Waals surface area contributed by atoms with Crippen molar-refractivity contribution in [3.63, 3.8) is 0 Å². The van der Waals surface area contributed by atoms with Crippen molar-refractivity contribution in [2.24, 2.45) is 0 Å². The second-order valence-electron chi connectivity index (χ2n) is 5.27. The summed E-state index contributed by atoms with van der Waals surface area (Å²) in [6, 6.07) is 5.60. The van der Waals surface area contributed by atoms with Crippen molar-refractivity contribution < 1.29 is 33.4 Å². The molecule has 0 aliphatic carbocycles. The van der Waals surface area contributed by atoms with Gasteiger partial charge in [-0.3, -0.25) is 29.4 Å². The summed E-state index contributed by atoms with van der Waals surface area (Å²) in [6.45, 7) is -1.27. The van der Waals surface area contributed by atoms with Crippen LogP contribution in [-0.4, -0.2) is 54.9 Å². The Balaban J connectivity index is 1.71. The van der Waals surface area contributed by atoms with Crippen molar-refractivity contribution in [3.8, 4) is 5.75 Å². The number of ether oxygens (including phenoxy) is 2. The number of hydrogen-bond acceptors (Lipinski definition) is 7. The number of nitrogens with one attached hydrogen (secondary N) is 2. The number of carbonyl (C=O) groups excluding carboxylic acids is 5. The molecule has 0 aromatic heterocycles. The Morgan fingerprint density at radius 2 is 1.69 bits per heavy atom. The molecular weight excluding hydrogens is 346 g/mol. The fraction of sp³-hybridized carbons (Fsp3) is 0.312. The zero-order valence-electron chi connectivity index (χ0n) is 13.9. The predicted octanol–water partition coefficient (Wildman–Crippen LogP) is 0.0355. The molecule has 0 bridgehead atoms. The van der Waals surface area contributed by atoms with Crippen molar-refractivity contribution in [3.05, 3.63) is 24.3 Å². The first-order chi connectivity index (χ1) is 12.4. The van der Waals surface area contributed by atoms with E-state index in [2.05, 4.69) is 10.1 Å². The molecule has 138 valence electrons. The third-order valence-electron chi connectivity index (χ3n) is 3.41. The van der Waals surface area contributed by atoms with Crippen LogP contribution in [0.15, 0.2) is 24.3 Å². The number of carbonyl (C=O) groups is 5. The molecule has 1 aliphatic heterocycles. The van der Waals surface area contributed by atoms with E-state index < -0.39 is 42.9 Å². The lowest BCUT2D eigenvalue weighted by atomic mass is 10.3. The summed E-state index contributed by atoms with van der Waals surface area (Å²) in [5.74, 6) is -2.10. The molecule has 5 amide bonds. The summed E-state index contributed by atoms with van der Waals surface area (Å²) in [5.41, 5.74) is 0.430. The molecule has 10 heteroatoms. The first kappa shape index (κ1) is 18.9. The summed E-state index contributed by atoms with van der Waals surface area (Å²) in [4.78, 5) is 58.4. The predicted molar refractivity (Wildman–Crippen MR) is 87.1 cm³/mol. The van der Waals surface area contributed by atoms with E-state index in [0.717, 1.165) is 4.90 Å². The Labute approximate surface area is 148 Å². The minimum atomic E-state index is -0.917. The van der Waals surface area contributed by atoms with E-state index >= 15 is 0 Å². The number of rotatable bonds is 6. The number of hydrogen-bond donors (Lipinski definition) is 2. The second-order valence-corrected chi connectivity index (χ2v) is 5.27. The Hall–Kier alpha value is -3.43. The van der Waals surface area contributed by atoms with Gasteiger partial charge in [-0.05, 0) is 24.3 Å². The van der Waals surface area contributed by atoms with Gasteiger partial charge >= 0.3 is 12.0 Å². The van der Waals surface area contributed by atoms with Gasteiger partial charge in [0.1, 0.15) is 12.3 Å². The summed E-state index contributed by atoms with van der Waals surface area (Å²) in [5, 5.41) is 4.40. The van der Waals surface area contributed by atoms with Gasteiger partial charge in [0, 0.05) is 18.5 Å². The molecule has 1 heterocycles. The highest BCUT2D eigenvalue weighted by Gasteiger charge is 2.31. The normalized spacial score (nSPS) is 13.3. The summed E-state index contributed by atoms with van der Waals surface area (Å²) >= 11 is 0. The van der Waals surface area contributed by atoms with Gasteiger partial charge in [-0.15, -0.1) is 0 Å². The van der Waals surface area contributed by atoms with Crippen LogP contribution in [0.25, 0.3) is 0 Å². The molecule has 26 heavy (non-hydrogen) atoms. The lowest BCUT2D eigenvalue weighted by molar-refractivity contribution is -0.154. The number of likely N-dealkylation sites (tertiary alicyclic amines) is 1. The fourth-order valence-electron chi connectivity index (χ4n) is 2.12. The molecule has 1 aromatic rings. The molecule has 10 nitrogen and oxygen atoms in total. The molecule has 0 radical (unpaired) electrons. The van der Waals surface area contributed by atoms with Crippen LogP contribution in [0.4, 0.5) is 10.5 Å². The molecule has 0 atom stereocenters. The lowest BCUT2D eigenvalue weighted by Crippen LogP contribution is -2.39. The molecule has 1 saturated heterocycles. The lowest BCUT2D eigenvalue weighted by Gasteiger charge is -2.12. The number of esters is 1.